The molecule has 0 bridgehead atoms. The molecule has 0 aliphatic heterocycles. The molecule has 124 valence electrons. The number of fused-ring (bicyclic) bond motifs is 5. The van der Waals surface area contributed by atoms with Crippen molar-refractivity contribution in [2.24, 2.45) is 34.5 Å². The van der Waals surface area contributed by atoms with E-state index in [1.807, 2.05) is 0 Å². The van der Waals surface area contributed by atoms with Crippen molar-refractivity contribution in [3.05, 3.63) is 42.2 Å². The van der Waals surface area contributed by atoms with E-state index in [0.717, 1.165) is 17.8 Å². The van der Waals surface area contributed by atoms with Gasteiger partial charge in [0.25, 0.3) is 0 Å². The third-order valence-corrected chi connectivity index (χ3v) is 8.69. The van der Waals surface area contributed by atoms with Crippen LogP contribution in [0.4, 0.5) is 0 Å². The van der Waals surface area contributed by atoms with Crippen LogP contribution in [0.3, 0.4) is 0 Å². The van der Waals surface area contributed by atoms with Crippen molar-refractivity contribution in [1.29, 1.82) is 0 Å². The second-order valence-electron chi connectivity index (χ2n) is 9.38. The van der Waals surface area contributed by atoms with Gasteiger partial charge in [-0.1, -0.05) is 44.7 Å². The van der Waals surface area contributed by atoms with E-state index in [1.54, 1.807) is 5.57 Å². The van der Waals surface area contributed by atoms with Crippen LogP contribution in [-0.4, -0.2) is 0 Å². The topological polar surface area (TPSA) is 0 Å². The predicted molar refractivity (Wildman–Crippen MR) is 98.0 cm³/mol. The Labute approximate surface area is 142 Å². The summed E-state index contributed by atoms with van der Waals surface area (Å²) in [6, 6.07) is 0. The van der Waals surface area contributed by atoms with Crippen LogP contribution in [0.5, 0.6) is 0 Å². The van der Waals surface area contributed by atoms with Crippen LogP contribution in [0.2, 0.25) is 0 Å². The van der Waals surface area contributed by atoms with E-state index < -0.39 is 0 Å². The summed E-state index contributed by atoms with van der Waals surface area (Å²) in [6.45, 7) is 18.0. The molecule has 0 radical (unpaired) electrons. The molecule has 0 saturated heterocycles. The molecule has 23 heavy (non-hydrogen) atoms. The Morgan fingerprint density at radius 2 is 1.78 bits per heavy atom. The van der Waals surface area contributed by atoms with Crippen LogP contribution in [-0.2, 0) is 0 Å². The van der Waals surface area contributed by atoms with Crippen molar-refractivity contribution in [1.82, 2.24) is 0 Å². The van der Waals surface area contributed by atoms with Gasteiger partial charge >= 0.3 is 0 Å². The summed E-state index contributed by atoms with van der Waals surface area (Å²) in [5, 5.41) is 0. The van der Waals surface area contributed by atoms with Crippen LogP contribution < -0.4 is 0 Å². The molecule has 0 aromatic rings. The molecule has 0 amide bonds. The van der Waals surface area contributed by atoms with E-state index in [0.29, 0.717) is 16.7 Å². The lowest BCUT2D eigenvalue weighted by Crippen LogP contribution is -2.52. The van der Waals surface area contributed by atoms with Gasteiger partial charge in [-0.3, -0.25) is 0 Å². The Morgan fingerprint density at radius 3 is 2.52 bits per heavy atom. The summed E-state index contributed by atoms with van der Waals surface area (Å²) >= 11 is 0. The first kappa shape index (κ1) is 15.5. The number of hydrogen-bond donors (Lipinski definition) is 0. The molecule has 6 unspecified atom stereocenters. The van der Waals surface area contributed by atoms with E-state index in [4.69, 9.17) is 0 Å². The highest BCUT2D eigenvalue weighted by Crippen LogP contribution is 2.68. The van der Waals surface area contributed by atoms with Gasteiger partial charge < -0.3 is 0 Å². The Kier molecular flexibility index (Phi) is 3.37. The maximum atomic E-state index is 4.58. The number of hydrogen-bond acceptors (Lipinski definition) is 0. The molecule has 4 saturated carbocycles. The Balaban J connectivity index is 1.70. The normalized spacial score (nSPS) is 49.2. The first-order valence-corrected chi connectivity index (χ1v) is 9.64. The summed E-state index contributed by atoms with van der Waals surface area (Å²) in [5.41, 5.74) is 8.61. The van der Waals surface area contributed by atoms with Crippen molar-refractivity contribution in [2.75, 3.05) is 0 Å². The fourth-order valence-electron chi connectivity index (χ4n) is 7.13. The zero-order valence-corrected chi connectivity index (χ0v) is 15.1. The van der Waals surface area contributed by atoms with E-state index in [-0.39, 0.29) is 0 Å². The van der Waals surface area contributed by atoms with Crippen LogP contribution in [0, 0.1) is 34.5 Å². The zero-order valence-electron chi connectivity index (χ0n) is 15.1. The van der Waals surface area contributed by atoms with E-state index in [2.05, 4.69) is 39.3 Å². The molecule has 6 atom stereocenters. The van der Waals surface area contributed by atoms with Crippen molar-refractivity contribution < 1.29 is 0 Å². The molecular weight excluding hydrogens is 276 g/mol. The van der Waals surface area contributed by atoms with Gasteiger partial charge in [0.05, 0.1) is 0 Å². The molecule has 0 aromatic heterocycles. The molecule has 4 rings (SSSR count). The molecular formula is C23H32. The molecule has 0 N–H and O–H groups in total. The van der Waals surface area contributed by atoms with Gasteiger partial charge in [-0.05, 0) is 91.4 Å². The number of rotatable bonds is 0. The van der Waals surface area contributed by atoms with Crippen LogP contribution >= 0.6 is 0 Å². The van der Waals surface area contributed by atoms with Crippen LogP contribution in [0.1, 0.15) is 65.2 Å². The van der Waals surface area contributed by atoms with Gasteiger partial charge in [0, 0.05) is 0 Å². The molecule has 4 aliphatic carbocycles. The SMILES string of the molecule is C=C=C1CCC2(C)C(C1)C(=C)CC1C3CCC(=C)C3(C)CCC12. The van der Waals surface area contributed by atoms with Crippen LogP contribution in [0.15, 0.2) is 42.2 Å². The molecule has 0 heterocycles. The average molecular weight is 309 g/mol. The summed E-state index contributed by atoms with van der Waals surface area (Å²) in [7, 11) is 0. The summed E-state index contributed by atoms with van der Waals surface area (Å²) in [5.74, 6) is 3.29. The highest BCUT2D eigenvalue weighted by Gasteiger charge is 2.59. The molecule has 0 spiro atoms. The number of allylic oxidation sites excluding steroid dienone is 3. The maximum absolute atomic E-state index is 4.58. The largest absolute Gasteiger partial charge is 0.130 e. The molecule has 0 aromatic carbocycles. The van der Waals surface area contributed by atoms with E-state index >= 15 is 0 Å². The summed E-state index contributed by atoms with van der Waals surface area (Å²) in [4.78, 5) is 0. The van der Waals surface area contributed by atoms with Crippen molar-refractivity contribution in [3.8, 4) is 0 Å². The van der Waals surface area contributed by atoms with Crippen molar-refractivity contribution >= 4 is 0 Å². The van der Waals surface area contributed by atoms with Gasteiger partial charge in [-0.2, -0.15) is 0 Å². The Bertz CT molecular complexity index is 616. The van der Waals surface area contributed by atoms with Gasteiger partial charge in [-0.25, -0.2) is 0 Å². The standard InChI is InChI=1S/C23H32/c1-6-17-9-11-23(5)20-10-12-22(4)16(3)7-8-19(22)18(20)13-15(2)21(23)14-17/h18-21H,1-3,7-14H2,4-5H3. The van der Waals surface area contributed by atoms with E-state index in [1.165, 1.54) is 62.5 Å². The van der Waals surface area contributed by atoms with Gasteiger partial charge in [0.15, 0.2) is 0 Å². The highest BCUT2D eigenvalue weighted by atomic mass is 14.6. The lowest BCUT2D eigenvalue weighted by Gasteiger charge is -2.60. The molecule has 0 heteroatoms. The quantitative estimate of drug-likeness (QED) is 0.356. The average Bonchev–Trinajstić information content (AvgIpc) is 2.83. The second kappa shape index (κ2) is 5.00. The summed E-state index contributed by atoms with van der Waals surface area (Å²) in [6.07, 6.45) is 10.4. The first-order valence-electron chi connectivity index (χ1n) is 9.64. The highest BCUT2D eigenvalue weighted by molar-refractivity contribution is 5.27. The fourth-order valence-corrected chi connectivity index (χ4v) is 7.13. The smallest absolute Gasteiger partial charge is 0.00878 e. The predicted octanol–water partition coefficient (Wildman–Crippen LogP) is 6.46. The van der Waals surface area contributed by atoms with Gasteiger partial charge in [0.2, 0.25) is 0 Å². The monoisotopic (exact) mass is 308 g/mol. The fraction of sp³-hybridized carbons (Fsp3) is 0.696. The van der Waals surface area contributed by atoms with Gasteiger partial charge in [0.1, 0.15) is 0 Å². The zero-order chi connectivity index (χ0) is 16.4. The minimum Gasteiger partial charge on any atom is -0.130 e. The molecule has 4 aliphatic rings. The third kappa shape index (κ3) is 1.97. The van der Waals surface area contributed by atoms with E-state index in [9.17, 15) is 0 Å². The molecule has 0 nitrogen and oxygen atoms in total. The minimum absolute atomic E-state index is 0.422. The maximum Gasteiger partial charge on any atom is -0.00878 e. The minimum atomic E-state index is 0.422. The third-order valence-electron chi connectivity index (χ3n) is 8.69. The molecule has 4 fully saturated rings. The second-order valence-corrected chi connectivity index (χ2v) is 9.38. The summed E-state index contributed by atoms with van der Waals surface area (Å²) < 4.78 is 0. The van der Waals surface area contributed by atoms with Gasteiger partial charge in [-0.15, -0.1) is 5.73 Å². The van der Waals surface area contributed by atoms with Crippen LogP contribution in [0.25, 0.3) is 0 Å². The lowest BCUT2D eigenvalue weighted by molar-refractivity contribution is -0.0665. The Hall–Kier alpha value is -1.00. The van der Waals surface area contributed by atoms with Crippen molar-refractivity contribution in [2.45, 2.75) is 65.2 Å². The first-order chi connectivity index (χ1) is 10.9. The lowest BCUT2D eigenvalue weighted by atomic mass is 9.44. The Morgan fingerprint density at radius 1 is 1.00 bits per heavy atom. The van der Waals surface area contributed by atoms with Crippen molar-refractivity contribution in [3.63, 3.8) is 0 Å².